The number of ether oxygens (including phenoxy) is 1. The molecule has 2 aromatic carbocycles. The highest BCUT2D eigenvalue weighted by Gasteiger charge is 2.04. The third-order valence-corrected chi connectivity index (χ3v) is 3.31. The van der Waals surface area contributed by atoms with E-state index in [-0.39, 0.29) is 5.97 Å². The topological polar surface area (TPSA) is 50.7 Å². The zero-order valence-electron chi connectivity index (χ0n) is 10.8. The summed E-state index contributed by atoms with van der Waals surface area (Å²) in [5.74, 6) is -0.372. The third-order valence-electron chi connectivity index (χ3n) is 2.59. The average Bonchev–Trinajstić information content (AvgIpc) is 2.49. The molecule has 2 rings (SSSR count). The summed E-state index contributed by atoms with van der Waals surface area (Å²) in [7, 11) is 1.35. The van der Waals surface area contributed by atoms with Gasteiger partial charge in [0.05, 0.1) is 24.6 Å². The molecule has 0 aliphatic heterocycles. The molecule has 2 aromatic rings. The van der Waals surface area contributed by atoms with Gasteiger partial charge in [0.15, 0.2) is 0 Å². The molecule has 0 atom stereocenters. The molecular formula is C15H13BrN2O2. The van der Waals surface area contributed by atoms with Crippen molar-refractivity contribution in [3.63, 3.8) is 0 Å². The van der Waals surface area contributed by atoms with Crippen LogP contribution >= 0.6 is 15.9 Å². The molecule has 0 radical (unpaired) electrons. The number of benzene rings is 2. The second kappa shape index (κ2) is 6.86. The van der Waals surface area contributed by atoms with Gasteiger partial charge in [0.2, 0.25) is 0 Å². The van der Waals surface area contributed by atoms with Gasteiger partial charge >= 0.3 is 5.97 Å². The van der Waals surface area contributed by atoms with Crippen LogP contribution in [0, 0.1) is 0 Å². The van der Waals surface area contributed by atoms with Gasteiger partial charge in [0, 0.05) is 10.0 Å². The lowest BCUT2D eigenvalue weighted by Gasteiger charge is -2.03. The fourth-order valence-corrected chi connectivity index (χ4v) is 1.98. The minimum absolute atomic E-state index is 0.372. The Balaban J connectivity index is 2.08. The number of anilines is 1. The van der Waals surface area contributed by atoms with E-state index < -0.39 is 0 Å². The number of hydrazone groups is 1. The molecular weight excluding hydrogens is 320 g/mol. The molecule has 20 heavy (non-hydrogen) atoms. The smallest absolute Gasteiger partial charge is 0.337 e. The van der Waals surface area contributed by atoms with Crippen molar-refractivity contribution in [1.82, 2.24) is 0 Å². The maximum atomic E-state index is 11.4. The van der Waals surface area contributed by atoms with Crippen LogP contribution in [0.4, 0.5) is 5.69 Å². The molecule has 0 bridgehead atoms. The van der Waals surface area contributed by atoms with Crippen LogP contribution < -0.4 is 5.43 Å². The van der Waals surface area contributed by atoms with Crippen LogP contribution in [0.5, 0.6) is 0 Å². The molecule has 102 valence electrons. The first-order valence-corrected chi connectivity index (χ1v) is 6.72. The second-order valence-electron chi connectivity index (χ2n) is 3.96. The van der Waals surface area contributed by atoms with Crippen molar-refractivity contribution in [1.29, 1.82) is 0 Å². The lowest BCUT2D eigenvalue weighted by molar-refractivity contribution is 0.0601. The monoisotopic (exact) mass is 332 g/mol. The summed E-state index contributed by atoms with van der Waals surface area (Å²) in [5, 5.41) is 4.14. The number of nitrogens with one attached hydrogen (secondary N) is 1. The maximum absolute atomic E-state index is 11.4. The molecule has 0 unspecified atom stereocenters. The van der Waals surface area contributed by atoms with Crippen molar-refractivity contribution >= 4 is 33.8 Å². The first kappa shape index (κ1) is 14.3. The van der Waals surface area contributed by atoms with Gasteiger partial charge in [0.25, 0.3) is 0 Å². The summed E-state index contributed by atoms with van der Waals surface area (Å²) in [6, 6.07) is 14.7. The minimum atomic E-state index is -0.372. The van der Waals surface area contributed by atoms with Gasteiger partial charge in [0.1, 0.15) is 0 Å². The van der Waals surface area contributed by atoms with Gasteiger partial charge in [-0.3, -0.25) is 5.43 Å². The van der Waals surface area contributed by atoms with Crippen LogP contribution in [-0.4, -0.2) is 19.3 Å². The minimum Gasteiger partial charge on any atom is -0.465 e. The molecule has 0 aliphatic rings. The first-order valence-electron chi connectivity index (χ1n) is 5.92. The Morgan fingerprint density at radius 3 is 2.80 bits per heavy atom. The molecule has 0 fully saturated rings. The zero-order chi connectivity index (χ0) is 14.4. The van der Waals surface area contributed by atoms with Gasteiger partial charge in [-0.05, 0) is 24.3 Å². The molecule has 5 heteroatoms. The SMILES string of the molecule is COC(=O)c1cccc(N/N=C\c2ccccc2Br)c1. The summed E-state index contributed by atoms with van der Waals surface area (Å²) in [4.78, 5) is 11.4. The number of nitrogens with zero attached hydrogens (tertiary/aromatic N) is 1. The van der Waals surface area contributed by atoms with Gasteiger partial charge in [-0.15, -0.1) is 0 Å². The quantitative estimate of drug-likeness (QED) is 0.527. The molecule has 0 aliphatic carbocycles. The van der Waals surface area contributed by atoms with E-state index in [0.717, 1.165) is 15.7 Å². The van der Waals surface area contributed by atoms with Crippen molar-refractivity contribution in [2.45, 2.75) is 0 Å². The highest BCUT2D eigenvalue weighted by Crippen LogP contribution is 2.14. The highest BCUT2D eigenvalue weighted by molar-refractivity contribution is 9.10. The van der Waals surface area contributed by atoms with E-state index in [0.29, 0.717) is 5.56 Å². The second-order valence-corrected chi connectivity index (χ2v) is 4.82. The van der Waals surface area contributed by atoms with E-state index in [4.69, 9.17) is 0 Å². The Hall–Kier alpha value is -2.14. The zero-order valence-corrected chi connectivity index (χ0v) is 12.4. The van der Waals surface area contributed by atoms with E-state index in [1.54, 1.807) is 24.4 Å². The number of halogens is 1. The van der Waals surface area contributed by atoms with E-state index in [9.17, 15) is 4.79 Å². The van der Waals surface area contributed by atoms with Crippen LogP contribution in [0.2, 0.25) is 0 Å². The van der Waals surface area contributed by atoms with Crippen LogP contribution in [0.15, 0.2) is 58.1 Å². The molecule has 0 amide bonds. The van der Waals surface area contributed by atoms with Crippen molar-refractivity contribution in [2.24, 2.45) is 5.10 Å². The maximum Gasteiger partial charge on any atom is 0.337 e. The van der Waals surface area contributed by atoms with Crippen molar-refractivity contribution in [3.05, 3.63) is 64.1 Å². The number of esters is 1. The standard InChI is InChI=1S/C15H13BrN2O2/c1-20-15(19)11-6-4-7-13(9-11)18-17-10-12-5-2-3-8-14(12)16/h2-10,18H,1H3/b17-10-. The Labute approximate surface area is 125 Å². The normalized spacial score (nSPS) is 10.5. The predicted octanol–water partition coefficient (Wildman–Crippen LogP) is 3.68. The Morgan fingerprint density at radius 2 is 2.05 bits per heavy atom. The summed E-state index contributed by atoms with van der Waals surface area (Å²) in [6.07, 6.45) is 1.70. The number of carbonyl (C=O) groups is 1. The number of hydrogen-bond donors (Lipinski definition) is 1. The molecule has 0 heterocycles. The van der Waals surface area contributed by atoms with E-state index in [2.05, 4.69) is 31.2 Å². The molecule has 0 aromatic heterocycles. The van der Waals surface area contributed by atoms with E-state index >= 15 is 0 Å². The third kappa shape index (κ3) is 3.68. The lowest BCUT2D eigenvalue weighted by Crippen LogP contribution is -2.01. The van der Waals surface area contributed by atoms with E-state index in [1.807, 2.05) is 30.3 Å². The van der Waals surface area contributed by atoms with Crippen molar-refractivity contribution in [2.75, 3.05) is 12.5 Å². The summed E-state index contributed by atoms with van der Waals surface area (Å²) < 4.78 is 5.64. The average molecular weight is 333 g/mol. The summed E-state index contributed by atoms with van der Waals surface area (Å²) in [5.41, 5.74) is 5.04. The molecule has 0 saturated carbocycles. The fraction of sp³-hybridized carbons (Fsp3) is 0.0667. The highest BCUT2D eigenvalue weighted by atomic mass is 79.9. The van der Waals surface area contributed by atoms with Crippen LogP contribution in [0.3, 0.4) is 0 Å². The lowest BCUT2D eigenvalue weighted by atomic mass is 10.2. The van der Waals surface area contributed by atoms with Crippen LogP contribution in [-0.2, 0) is 4.74 Å². The molecule has 4 nitrogen and oxygen atoms in total. The van der Waals surface area contributed by atoms with Gasteiger partial charge < -0.3 is 4.74 Å². The number of rotatable bonds is 4. The molecule has 0 saturated heterocycles. The Morgan fingerprint density at radius 1 is 1.25 bits per heavy atom. The van der Waals surface area contributed by atoms with Gasteiger partial charge in [-0.25, -0.2) is 4.79 Å². The Kier molecular flexibility index (Phi) is 4.90. The van der Waals surface area contributed by atoms with Crippen LogP contribution in [0.1, 0.15) is 15.9 Å². The Bertz CT molecular complexity index is 641. The fourth-order valence-electron chi connectivity index (χ4n) is 1.59. The largest absolute Gasteiger partial charge is 0.465 e. The van der Waals surface area contributed by atoms with Crippen LogP contribution in [0.25, 0.3) is 0 Å². The predicted molar refractivity (Wildman–Crippen MR) is 83.1 cm³/mol. The van der Waals surface area contributed by atoms with Crippen molar-refractivity contribution < 1.29 is 9.53 Å². The number of carbonyl (C=O) groups excluding carboxylic acids is 1. The summed E-state index contributed by atoms with van der Waals surface area (Å²) in [6.45, 7) is 0. The van der Waals surface area contributed by atoms with Gasteiger partial charge in [-0.2, -0.15) is 5.10 Å². The van der Waals surface area contributed by atoms with Crippen molar-refractivity contribution in [3.8, 4) is 0 Å². The number of methoxy groups -OCH3 is 1. The number of hydrogen-bond acceptors (Lipinski definition) is 4. The summed E-state index contributed by atoms with van der Waals surface area (Å²) >= 11 is 3.44. The van der Waals surface area contributed by atoms with E-state index in [1.165, 1.54) is 7.11 Å². The molecule has 1 N–H and O–H groups in total. The van der Waals surface area contributed by atoms with Gasteiger partial charge in [-0.1, -0.05) is 40.2 Å². The first-order chi connectivity index (χ1) is 9.70. The molecule has 0 spiro atoms.